The van der Waals surface area contributed by atoms with E-state index in [1.807, 2.05) is 18.2 Å². The van der Waals surface area contributed by atoms with Crippen molar-refractivity contribution in [2.24, 2.45) is 0 Å². The summed E-state index contributed by atoms with van der Waals surface area (Å²) in [5.41, 5.74) is 2.51. The number of ether oxygens (including phenoxy) is 3. The van der Waals surface area contributed by atoms with Gasteiger partial charge in [-0.1, -0.05) is 19.1 Å². The summed E-state index contributed by atoms with van der Waals surface area (Å²) in [5, 5.41) is 0. The maximum absolute atomic E-state index is 12.6. The summed E-state index contributed by atoms with van der Waals surface area (Å²) in [5.74, 6) is 1.54. The lowest BCUT2D eigenvalue weighted by Crippen LogP contribution is -2.01. The van der Waals surface area contributed by atoms with Gasteiger partial charge in [0.2, 0.25) is 0 Å². The van der Waals surface area contributed by atoms with Crippen LogP contribution >= 0.6 is 0 Å². The molecule has 0 saturated carbocycles. The zero-order valence-electron chi connectivity index (χ0n) is 14.5. The van der Waals surface area contributed by atoms with Crippen molar-refractivity contribution in [2.75, 3.05) is 21.3 Å². The Bertz CT molecular complexity index is 747. The van der Waals surface area contributed by atoms with Crippen LogP contribution in [-0.4, -0.2) is 27.1 Å². The van der Waals surface area contributed by atoms with E-state index in [0.29, 0.717) is 17.1 Å². The van der Waals surface area contributed by atoms with E-state index < -0.39 is 0 Å². The fourth-order valence-corrected chi connectivity index (χ4v) is 2.47. The number of methoxy groups -OCH3 is 3. The Morgan fingerprint density at radius 2 is 1.75 bits per heavy atom. The lowest BCUT2D eigenvalue weighted by Gasteiger charge is -2.10. The Kier molecular flexibility index (Phi) is 6.01. The van der Waals surface area contributed by atoms with Gasteiger partial charge in [-0.05, 0) is 48.4 Å². The molecule has 126 valence electrons. The van der Waals surface area contributed by atoms with Crippen molar-refractivity contribution in [3.8, 4) is 17.2 Å². The van der Waals surface area contributed by atoms with Crippen LogP contribution in [0.5, 0.6) is 17.2 Å². The van der Waals surface area contributed by atoms with Crippen LogP contribution in [0.15, 0.2) is 42.5 Å². The van der Waals surface area contributed by atoms with Crippen LogP contribution in [0.4, 0.5) is 0 Å². The van der Waals surface area contributed by atoms with Gasteiger partial charge in [0.25, 0.3) is 0 Å². The molecule has 4 nitrogen and oxygen atoms in total. The van der Waals surface area contributed by atoms with Gasteiger partial charge in [-0.15, -0.1) is 0 Å². The quantitative estimate of drug-likeness (QED) is 0.566. The summed E-state index contributed by atoms with van der Waals surface area (Å²) in [6.07, 6.45) is 4.20. The van der Waals surface area contributed by atoms with Crippen LogP contribution < -0.4 is 14.2 Å². The molecule has 4 heteroatoms. The summed E-state index contributed by atoms with van der Waals surface area (Å²) in [7, 11) is 4.68. The molecule has 0 aliphatic carbocycles. The van der Waals surface area contributed by atoms with Crippen molar-refractivity contribution < 1.29 is 19.0 Å². The van der Waals surface area contributed by atoms with E-state index in [9.17, 15) is 4.79 Å². The first-order valence-electron chi connectivity index (χ1n) is 7.74. The molecule has 0 aliphatic heterocycles. The molecular formula is C20H22O4. The minimum atomic E-state index is -0.158. The van der Waals surface area contributed by atoms with Gasteiger partial charge in [0.15, 0.2) is 17.3 Å². The molecule has 0 radical (unpaired) electrons. The van der Waals surface area contributed by atoms with Gasteiger partial charge in [-0.3, -0.25) is 4.79 Å². The van der Waals surface area contributed by atoms with E-state index in [0.717, 1.165) is 17.7 Å². The van der Waals surface area contributed by atoms with Crippen molar-refractivity contribution in [3.05, 3.63) is 59.2 Å². The number of hydrogen-bond donors (Lipinski definition) is 0. The first kappa shape index (κ1) is 17.6. The average molecular weight is 326 g/mol. The largest absolute Gasteiger partial charge is 0.496 e. The first-order valence-corrected chi connectivity index (χ1v) is 7.74. The molecule has 2 aromatic rings. The Balaban J connectivity index is 2.35. The molecule has 0 atom stereocenters. The lowest BCUT2D eigenvalue weighted by molar-refractivity contribution is 0.104. The van der Waals surface area contributed by atoms with E-state index in [1.54, 1.807) is 38.5 Å². The summed E-state index contributed by atoms with van der Waals surface area (Å²) >= 11 is 0. The number of para-hydroxylation sites is 1. The average Bonchev–Trinajstić information content (AvgIpc) is 2.64. The summed E-state index contributed by atoms with van der Waals surface area (Å²) in [4.78, 5) is 12.6. The van der Waals surface area contributed by atoms with Gasteiger partial charge >= 0.3 is 0 Å². The monoisotopic (exact) mass is 326 g/mol. The number of ketones is 1. The van der Waals surface area contributed by atoms with Crippen molar-refractivity contribution >= 4 is 11.9 Å². The molecule has 0 bridgehead atoms. The van der Waals surface area contributed by atoms with Crippen molar-refractivity contribution in [1.29, 1.82) is 0 Å². The van der Waals surface area contributed by atoms with Gasteiger partial charge < -0.3 is 14.2 Å². The normalized spacial score (nSPS) is 10.7. The van der Waals surface area contributed by atoms with Gasteiger partial charge in [0, 0.05) is 5.56 Å². The predicted octanol–water partition coefficient (Wildman–Crippen LogP) is 4.17. The second-order valence-electron chi connectivity index (χ2n) is 5.17. The number of rotatable bonds is 7. The molecule has 0 aliphatic rings. The smallest absolute Gasteiger partial charge is 0.189 e. The molecule has 0 amide bonds. The van der Waals surface area contributed by atoms with Crippen LogP contribution in [0.1, 0.15) is 28.4 Å². The van der Waals surface area contributed by atoms with Gasteiger partial charge in [-0.2, -0.15) is 0 Å². The molecular weight excluding hydrogens is 304 g/mol. The van der Waals surface area contributed by atoms with E-state index >= 15 is 0 Å². The highest BCUT2D eigenvalue weighted by Gasteiger charge is 2.14. The third-order valence-electron chi connectivity index (χ3n) is 3.79. The zero-order valence-corrected chi connectivity index (χ0v) is 14.5. The molecule has 0 aromatic heterocycles. The van der Waals surface area contributed by atoms with E-state index in [1.165, 1.54) is 18.7 Å². The zero-order chi connectivity index (χ0) is 17.5. The number of aryl methyl sites for hydroxylation is 1. The fourth-order valence-electron chi connectivity index (χ4n) is 2.47. The molecule has 0 spiro atoms. The minimum absolute atomic E-state index is 0.158. The second kappa shape index (κ2) is 8.20. The number of benzene rings is 2. The molecule has 0 unspecified atom stereocenters. The maximum atomic E-state index is 12.6. The molecule has 2 rings (SSSR count). The lowest BCUT2D eigenvalue weighted by atomic mass is 10.0. The number of carbonyl (C=O) groups excluding carboxylic acids is 1. The van der Waals surface area contributed by atoms with Crippen molar-refractivity contribution in [3.63, 3.8) is 0 Å². The Labute approximate surface area is 142 Å². The van der Waals surface area contributed by atoms with Crippen molar-refractivity contribution in [1.82, 2.24) is 0 Å². The van der Waals surface area contributed by atoms with Crippen LogP contribution in [0.25, 0.3) is 6.08 Å². The molecule has 0 fully saturated rings. The fraction of sp³-hybridized carbons (Fsp3) is 0.250. The van der Waals surface area contributed by atoms with E-state index in [4.69, 9.17) is 14.2 Å². The number of hydrogen-bond acceptors (Lipinski definition) is 4. The highest BCUT2D eigenvalue weighted by molar-refractivity contribution is 6.09. The van der Waals surface area contributed by atoms with Gasteiger partial charge in [-0.25, -0.2) is 0 Å². The van der Waals surface area contributed by atoms with Crippen LogP contribution in [0.2, 0.25) is 0 Å². The molecule has 0 N–H and O–H groups in total. The molecule has 2 aromatic carbocycles. The third-order valence-corrected chi connectivity index (χ3v) is 3.79. The highest BCUT2D eigenvalue weighted by atomic mass is 16.5. The summed E-state index contributed by atoms with van der Waals surface area (Å²) in [6, 6.07) is 11.2. The van der Waals surface area contributed by atoms with E-state index in [-0.39, 0.29) is 5.78 Å². The summed E-state index contributed by atoms with van der Waals surface area (Å²) in [6.45, 7) is 2.08. The minimum Gasteiger partial charge on any atom is -0.496 e. The highest BCUT2D eigenvalue weighted by Crippen LogP contribution is 2.31. The van der Waals surface area contributed by atoms with Crippen LogP contribution in [-0.2, 0) is 6.42 Å². The van der Waals surface area contributed by atoms with E-state index in [2.05, 4.69) is 6.92 Å². The number of carbonyl (C=O) groups is 1. The Morgan fingerprint density at radius 1 is 1.00 bits per heavy atom. The van der Waals surface area contributed by atoms with Crippen LogP contribution in [0, 0.1) is 0 Å². The first-order chi connectivity index (χ1) is 11.6. The maximum Gasteiger partial charge on any atom is 0.189 e. The summed E-state index contributed by atoms with van der Waals surface area (Å²) < 4.78 is 15.9. The predicted molar refractivity (Wildman–Crippen MR) is 95.3 cm³/mol. The molecule has 24 heavy (non-hydrogen) atoms. The number of allylic oxidation sites excluding steroid dienone is 1. The second-order valence-corrected chi connectivity index (χ2v) is 5.17. The van der Waals surface area contributed by atoms with Gasteiger partial charge in [0.05, 0.1) is 26.9 Å². The van der Waals surface area contributed by atoms with Crippen molar-refractivity contribution in [2.45, 2.75) is 13.3 Å². The Hall–Kier alpha value is -2.75. The Morgan fingerprint density at radius 3 is 2.38 bits per heavy atom. The molecule has 0 saturated heterocycles. The van der Waals surface area contributed by atoms with Crippen LogP contribution in [0.3, 0.4) is 0 Å². The third kappa shape index (κ3) is 3.77. The molecule has 0 heterocycles. The topological polar surface area (TPSA) is 44.8 Å². The standard InChI is InChI=1S/C20H22O4/c1-5-14-9-12-18(22-2)15(13-14)10-11-17(21)16-7-6-8-19(23-3)20(16)24-4/h6-13H,5H2,1-4H3. The van der Waals surface area contributed by atoms with Gasteiger partial charge in [0.1, 0.15) is 5.75 Å². The SMILES string of the molecule is CCc1ccc(OC)c(C=CC(=O)c2cccc(OC)c2OC)c1.